The fraction of sp³-hybridized carbons (Fsp3) is 0.100. The van der Waals surface area contributed by atoms with Crippen LogP contribution in [0.1, 0.15) is 5.56 Å². The Hall–Kier alpha value is -2.98. The first-order valence-electron chi connectivity index (χ1n) is 9.08. The van der Waals surface area contributed by atoms with Crippen LogP contribution in [0.3, 0.4) is 0 Å². The Kier molecular flexibility index (Phi) is 11.3. The van der Waals surface area contributed by atoms with Gasteiger partial charge < -0.3 is 15.8 Å². The molecular weight excluding hydrogens is 510 g/mol. The molecule has 0 amide bonds. The number of benzene rings is 1. The number of nitrogens with one attached hydrogen (secondary N) is 1. The van der Waals surface area contributed by atoms with Crippen molar-refractivity contribution >= 4 is 58.0 Å². The average Bonchev–Trinajstić information content (AvgIpc) is 2.79. The molecule has 172 valence electrons. The SMILES string of the molecule is COc1ccc(CNc2cc(Cl)cnn2)cc1.Clc1cnnc(Cl)c1.Nc1cc(Cl)cnn1. The summed E-state index contributed by atoms with van der Waals surface area (Å²) < 4.78 is 5.09. The molecule has 0 bridgehead atoms. The van der Waals surface area contributed by atoms with E-state index in [1.807, 2.05) is 24.3 Å². The summed E-state index contributed by atoms with van der Waals surface area (Å²) in [5.41, 5.74) is 6.33. The maximum atomic E-state index is 5.81. The minimum atomic E-state index is 0.317. The third-order valence-corrected chi connectivity index (χ3v) is 4.29. The van der Waals surface area contributed by atoms with Crippen molar-refractivity contribution in [2.24, 2.45) is 0 Å². The highest BCUT2D eigenvalue weighted by Crippen LogP contribution is 2.14. The van der Waals surface area contributed by atoms with E-state index < -0.39 is 0 Å². The van der Waals surface area contributed by atoms with Gasteiger partial charge in [-0.1, -0.05) is 58.5 Å². The first kappa shape index (κ1) is 26.3. The number of methoxy groups -OCH3 is 1. The van der Waals surface area contributed by atoms with Gasteiger partial charge in [0, 0.05) is 18.7 Å². The summed E-state index contributed by atoms with van der Waals surface area (Å²) in [5.74, 6) is 1.85. The molecule has 0 saturated heterocycles. The Balaban J connectivity index is 0.000000200. The van der Waals surface area contributed by atoms with Gasteiger partial charge in [0.1, 0.15) is 17.4 Å². The van der Waals surface area contributed by atoms with Crippen LogP contribution in [-0.2, 0) is 6.54 Å². The Morgan fingerprint density at radius 1 is 0.788 bits per heavy atom. The molecule has 0 aliphatic rings. The summed E-state index contributed by atoms with van der Waals surface area (Å²) in [6, 6.07) is 12.6. The second-order valence-corrected chi connectivity index (χ2v) is 7.65. The van der Waals surface area contributed by atoms with E-state index in [1.165, 1.54) is 30.7 Å². The maximum Gasteiger partial charge on any atom is 0.153 e. The molecule has 3 heterocycles. The average molecular weight is 528 g/mol. The molecule has 0 aliphatic carbocycles. The number of hydrogen-bond acceptors (Lipinski definition) is 9. The Bertz CT molecular complexity index is 1060. The molecule has 0 unspecified atom stereocenters. The smallest absolute Gasteiger partial charge is 0.153 e. The lowest BCUT2D eigenvalue weighted by molar-refractivity contribution is 0.414. The van der Waals surface area contributed by atoms with Gasteiger partial charge in [-0.15, -0.1) is 15.3 Å². The third-order valence-electron chi connectivity index (χ3n) is 3.49. The summed E-state index contributed by atoms with van der Waals surface area (Å²) in [6.45, 7) is 0.666. The van der Waals surface area contributed by atoms with E-state index in [0.717, 1.165) is 11.3 Å². The molecule has 9 nitrogen and oxygen atoms in total. The fourth-order valence-electron chi connectivity index (χ4n) is 2.04. The van der Waals surface area contributed by atoms with Crippen molar-refractivity contribution in [1.29, 1.82) is 0 Å². The van der Waals surface area contributed by atoms with Crippen LogP contribution in [0.4, 0.5) is 11.6 Å². The van der Waals surface area contributed by atoms with Crippen LogP contribution in [0.5, 0.6) is 5.75 Å². The highest BCUT2D eigenvalue weighted by Gasteiger charge is 1.98. The van der Waals surface area contributed by atoms with Gasteiger partial charge in [-0.3, -0.25) is 0 Å². The Labute approximate surface area is 210 Å². The summed E-state index contributed by atoms with van der Waals surface area (Å²) in [7, 11) is 1.65. The van der Waals surface area contributed by atoms with Crippen LogP contribution in [-0.4, -0.2) is 37.7 Å². The zero-order valence-electron chi connectivity index (χ0n) is 17.2. The molecule has 1 aromatic carbocycles. The number of aromatic nitrogens is 6. The van der Waals surface area contributed by atoms with Crippen molar-refractivity contribution in [1.82, 2.24) is 30.6 Å². The molecule has 3 aromatic heterocycles. The number of rotatable bonds is 4. The van der Waals surface area contributed by atoms with Gasteiger partial charge in [-0.05, 0) is 23.8 Å². The highest BCUT2D eigenvalue weighted by molar-refractivity contribution is 6.33. The van der Waals surface area contributed by atoms with Crippen molar-refractivity contribution in [3.05, 3.63) is 86.8 Å². The number of nitrogens with zero attached hydrogens (tertiary/aromatic N) is 6. The Morgan fingerprint density at radius 3 is 1.82 bits per heavy atom. The number of halogens is 4. The van der Waals surface area contributed by atoms with Gasteiger partial charge in [0.05, 0.1) is 40.8 Å². The van der Waals surface area contributed by atoms with Crippen LogP contribution in [0, 0.1) is 0 Å². The number of anilines is 2. The first-order valence-corrected chi connectivity index (χ1v) is 10.6. The van der Waals surface area contributed by atoms with Crippen LogP contribution in [0.25, 0.3) is 0 Å². The summed E-state index contributed by atoms with van der Waals surface area (Å²) in [5, 5.41) is 26.6. The van der Waals surface area contributed by atoms with Crippen LogP contribution >= 0.6 is 46.4 Å². The van der Waals surface area contributed by atoms with Crippen LogP contribution in [0.15, 0.2) is 61.1 Å². The predicted octanol–water partition coefficient (Wildman–Crippen LogP) is 5.25. The molecule has 3 N–H and O–H groups in total. The van der Waals surface area contributed by atoms with Crippen LogP contribution < -0.4 is 15.8 Å². The number of hydrogen-bond donors (Lipinski definition) is 2. The molecule has 33 heavy (non-hydrogen) atoms. The molecule has 4 aromatic rings. The monoisotopic (exact) mass is 526 g/mol. The minimum Gasteiger partial charge on any atom is -0.497 e. The molecule has 0 atom stereocenters. The van der Waals surface area contributed by atoms with Crippen molar-refractivity contribution < 1.29 is 4.74 Å². The molecule has 4 rings (SSSR count). The van der Waals surface area contributed by atoms with Crippen molar-refractivity contribution in [2.45, 2.75) is 6.54 Å². The van der Waals surface area contributed by atoms with E-state index in [1.54, 1.807) is 13.2 Å². The molecule has 0 saturated carbocycles. The van der Waals surface area contributed by atoms with E-state index in [9.17, 15) is 0 Å². The lowest BCUT2D eigenvalue weighted by Gasteiger charge is -2.06. The van der Waals surface area contributed by atoms with E-state index in [0.29, 0.717) is 38.4 Å². The number of nitrogen functional groups attached to an aromatic ring is 1. The van der Waals surface area contributed by atoms with E-state index >= 15 is 0 Å². The first-order chi connectivity index (χ1) is 15.9. The number of nitrogens with two attached hydrogens (primary N) is 1. The van der Waals surface area contributed by atoms with Gasteiger partial charge in [-0.2, -0.15) is 15.3 Å². The van der Waals surface area contributed by atoms with Crippen LogP contribution in [0.2, 0.25) is 20.2 Å². The second kappa shape index (κ2) is 14.2. The second-order valence-electron chi connectivity index (χ2n) is 5.96. The van der Waals surface area contributed by atoms with Gasteiger partial charge in [0.15, 0.2) is 5.15 Å². The normalized spacial score (nSPS) is 9.61. The molecule has 0 fully saturated rings. The molecule has 13 heteroatoms. The van der Waals surface area contributed by atoms with Gasteiger partial charge in [-0.25, -0.2) is 0 Å². The lowest BCUT2D eigenvalue weighted by Crippen LogP contribution is -2.01. The van der Waals surface area contributed by atoms with E-state index in [-0.39, 0.29) is 0 Å². The third kappa shape index (κ3) is 10.9. The van der Waals surface area contributed by atoms with Gasteiger partial charge in [0.25, 0.3) is 0 Å². The summed E-state index contributed by atoms with van der Waals surface area (Å²) in [6.07, 6.45) is 4.35. The largest absolute Gasteiger partial charge is 0.497 e. The van der Waals surface area contributed by atoms with Crippen molar-refractivity contribution in [2.75, 3.05) is 18.2 Å². The molecule has 0 aliphatic heterocycles. The zero-order valence-corrected chi connectivity index (χ0v) is 20.2. The van der Waals surface area contributed by atoms with Gasteiger partial charge in [0.2, 0.25) is 0 Å². The highest BCUT2D eigenvalue weighted by atomic mass is 35.5. The lowest BCUT2D eigenvalue weighted by atomic mass is 10.2. The summed E-state index contributed by atoms with van der Waals surface area (Å²) in [4.78, 5) is 0. The van der Waals surface area contributed by atoms with E-state index in [4.69, 9.17) is 56.9 Å². The zero-order chi connectivity index (χ0) is 24.1. The standard InChI is InChI=1S/C12H12ClN3O.C4H2Cl2N2.C4H4ClN3/c1-17-11-4-2-9(3-5-11)7-14-12-6-10(13)8-15-16-12;2*5-3-1-4(6)8-7-2-3/h2-6,8H,7H2,1H3,(H,14,16);1-2H;1-2H,(H2,6,8). The maximum absolute atomic E-state index is 5.81. The van der Waals surface area contributed by atoms with Gasteiger partial charge >= 0.3 is 0 Å². The summed E-state index contributed by atoms with van der Waals surface area (Å²) >= 11 is 22.1. The van der Waals surface area contributed by atoms with Crippen molar-refractivity contribution in [3.63, 3.8) is 0 Å². The predicted molar refractivity (Wildman–Crippen MR) is 131 cm³/mol. The topological polar surface area (TPSA) is 125 Å². The molecule has 0 radical (unpaired) electrons. The number of ether oxygens (including phenoxy) is 1. The quantitative estimate of drug-likeness (QED) is 0.366. The molecule has 0 spiro atoms. The minimum absolute atomic E-state index is 0.317. The Morgan fingerprint density at radius 2 is 1.36 bits per heavy atom. The fourth-order valence-corrected chi connectivity index (χ4v) is 2.71. The molecular formula is C20H18Cl4N8O. The van der Waals surface area contributed by atoms with E-state index in [2.05, 4.69) is 35.9 Å². The van der Waals surface area contributed by atoms with Crippen molar-refractivity contribution in [3.8, 4) is 5.75 Å².